The Bertz CT molecular complexity index is 989. The Morgan fingerprint density at radius 2 is 1.73 bits per heavy atom. The standard InChI is InChI=1S/C25H29NO4/c1-14(2)18-11-17(12-19(15(3)4)24(18)30-5)13-21-20-10-16(7-9-23(27)28)6-8-22(20)26-25(21)29/h6,8,10-15H,7,9H2,1-5H3,(H,26,29)(H,27,28). The van der Waals surface area contributed by atoms with Crippen molar-refractivity contribution in [2.75, 3.05) is 12.4 Å². The molecule has 0 unspecified atom stereocenters. The minimum atomic E-state index is -0.832. The molecule has 1 aliphatic rings. The monoisotopic (exact) mass is 407 g/mol. The number of amides is 1. The average Bonchev–Trinajstić information content (AvgIpc) is 3.00. The molecule has 158 valence electrons. The molecule has 1 amide bonds. The van der Waals surface area contributed by atoms with Crippen molar-refractivity contribution >= 4 is 29.2 Å². The third-order valence-corrected chi connectivity index (χ3v) is 5.42. The van der Waals surface area contributed by atoms with E-state index in [0.29, 0.717) is 12.0 Å². The topological polar surface area (TPSA) is 75.6 Å². The van der Waals surface area contributed by atoms with Gasteiger partial charge in [-0.1, -0.05) is 33.8 Å². The maximum absolute atomic E-state index is 12.7. The highest BCUT2D eigenvalue weighted by Crippen LogP contribution is 2.38. The summed E-state index contributed by atoms with van der Waals surface area (Å²) in [6, 6.07) is 9.80. The Balaban J connectivity index is 2.08. The molecule has 0 spiro atoms. The van der Waals surface area contributed by atoms with E-state index in [2.05, 4.69) is 45.1 Å². The van der Waals surface area contributed by atoms with Gasteiger partial charge in [0.2, 0.25) is 0 Å². The highest BCUT2D eigenvalue weighted by atomic mass is 16.5. The van der Waals surface area contributed by atoms with Crippen molar-refractivity contribution in [3.8, 4) is 5.75 Å². The summed E-state index contributed by atoms with van der Waals surface area (Å²) in [7, 11) is 1.70. The van der Waals surface area contributed by atoms with Crippen molar-refractivity contribution in [2.24, 2.45) is 0 Å². The number of aryl methyl sites for hydroxylation is 1. The Kier molecular flexibility index (Phi) is 6.30. The number of carboxylic acid groups (broad SMARTS) is 1. The van der Waals surface area contributed by atoms with E-state index in [1.54, 1.807) is 7.11 Å². The first-order valence-corrected chi connectivity index (χ1v) is 10.3. The van der Waals surface area contributed by atoms with Crippen LogP contribution in [0.15, 0.2) is 30.3 Å². The molecule has 0 saturated heterocycles. The smallest absolute Gasteiger partial charge is 0.303 e. The number of benzene rings is 2. The summed E-state index contributed by atoms with van der Waals surface area (Å²) in [5.74, 6) is 0.495. The molecule has 0 fully saturated rings. The summed E-state index contributed by atoms with van der Waals surface area (Å²) in [5, 5.41) is 11.9. The molecule has 3 rings (SSSR count). The number of carbonyl (C=O) groups is 2. The second-order valence-corrected chi connectivity index (χ2v) is 8.33. The first-order chi connectivity index (χ1) is 14.2. The summed E-state index contributed by atoms with van der Waals surface area (Å²) < 4.78 is 5.72. The SMILES string of the molecule is COc1c(C(C)C)cc(C=C2C(=O)Nc3ccc(CCC(=O)O)cc32)cc1C(C)C. The minimum Gasteiger partial charge on any atom is -0.496 e. The normalized spacial score (nSPS) is 14.4. The number of carbonyl (C=O) groups excluding carboxylic acids is 1. The van der Waals surface area contributed by atoms with E-state index in [1.165, 1.54) is 0 Å². The molecule has 2 N–H and O–H groups in total. The molecule has 0 saturated carbocycles. The Hall–Kier alpha value is -3.08. The van der Waals surface area contributed by atoms with E-state index in [0.717, 1.165) is 39.3 Å². The molecular weight excluding hydrogens is 378 g/mol. The fourth-order valence-electron chi connectivity index (χ4n) is 3.83. The Morgan fingerprint density at radius 3 is 2.27 bits per heavy atom. The van der Waals surface area contributed by atoms with Crippen molar-refractivity contribution in [3.05, 3.63) is 58.1 Å². The molecule has 30 heavy (non-hydrogen) atoms. The number of hydrogen-bond acceptors (Lipinski definition) is 3. The van der Waals surface area contributed by atoms with Gasteiger partial charge in [0, 0.05) is 23.2 Å². The van der Waals surface area contributed by atoms with Gasteiger partial charge in [0.1, 0.15) is 5.75 Å². The van der Waals surface area contributed by atoms with Crippen LogP contribution in [0.4, 0.5) is 5.69 Å². The number of hydrogen-bond donors (Lipinski definition) is 2. The number of rotatable bonds is 7. The summed E-state index contributed by atoms with van der Waals surface area (Å²) in [6.45, 7) is 8.52. The second-order valence-electron chi connectivity index (χ2n) is 8.33. The van der Waals surface area contributed by atoms with Crippen LogP contribution in [0.3, 0.4) is 0 Å². The Morgan fingerprint density at radius 1 is 1.10 bits per heavy atom. The first-order valence-electron chi connectivity index (χ1n) is 10.3. The van der Waals surface area contributed by atoms with Gasteiger partial charge in [-0.25, -0.2) is 0 Å². The lowest BCUT2D eigenvalue weighted by Crippen LogP contribution is -2.04. The number of methoxy groups -OCH3 is 1. The van der Waals surface area contributed by atoms with Crippen LogP contribution in [-0.4, -0.2) is 24.1 Å². The quantitative estimate of drug-likeness (QED) is 0.598. The fraction of sp³-hybridized carbons (Fsp3) is 0.360. The molecule has 2 aromatic rings. The largest absolute Gasteiger partial charge is 0.496 e. The molecule has 1 heterocycles. The zero-order valence-corrected chi connectivity index (χ0v) is 18.2. The molecule has 0 bridgehead atoms. The van der Waals surface area contributed by atoms with E-state index in [9.17, 15) is 9.59 Å². The molecule has 5 heteroatoms. The minimum absolute atomic E-state index is 0.0627. The number of fused-ring (bicyclic) bond motifs is 1. The predicted molar refractivity (Wildman–Crippen MR) is 120 cm³/mol. The third-order valence-electron chi connectivity index (χ3n) is 5.42. The number of nitrogens with one attached hydrogen (secondary N) is 1. The number of carboxylic acids is 1. The van der Waals surface area contributed by atoms with Gasteiger partial charge < -0.3 is 15.2 Å². The molecule has 0 aliphatic carbocycles. The summed E-state index contributed by atoms with van der Waals surface area (Å²) >= 11 is 0. The lowest BCUT2D eigenvalue weighted by molar-refractivity contribution is -0.137. The van der Waals surface area contributed by atoms with E-state index in [1.807, 2.05) is 24.3 Å². The zero-order valence-electron chi connectivity index (χ0n) is 18.2. The van der Waals surface area contributed by atoms with Gasteiger partial charge in [-0.2, -0.15) is 0 Å². The summed E-state index contributed by atoms with van der Waals surface area (Å²) in [5.41, 5.74) is 6.25. The molecule has 0 atom stereocenters. The van der Waals surface area contributed by atoms with Crippen LogP contribution in [0.25, 0.3) is 11.6 Å². The van der Waals surface area contributed by atoms with Gasteiger partial charge in [0.15, 0.2) is 0 Å². The Labute approximate surface area is 177 Å². The van der Waals surface area contributed by atoms with Gasteiger partial charge in [-0.3, -0.25) is 9.59 Å². The number of anilines is 1. The van der Waals surface area contributed by atoms with Gasteiger partial charge in [0.25, 0.3) is 5.91 Å². The first kappa shape index (κ1) is 21.6. The molecule has 0 radical (unpaired) electrons. The van der Waals surface area contributed by atoms with E-state index in [4.69, 9.17) is 9.84 Å². The van der Waals surface area contributed by atoms with Crippen molar-refractivity contribution in [1.29, 1.82) is 0 Å². The highest BCUT2D eigenvalue weighted by Gasteiger charge is 2.25. The summed E-state index contributed by atoms with van der Waals surface area (Å²) in [6.07, 6.45) is 2.41. The maximum Gasteiger partial charge on any atom is 0.303 e. The lowest BCUT2D eigenvalue weighted by atomic mass is 9.90. The van der Waals surface area contributed by atoms with Crippen LogP contribution in [0, 0.1) is 0 Å². The third kappa shape index (κ3) is 4.40. The molecule has 5 nitrogen and oxygen atoms in total. The van der Waals surface area contributed by atoms with Gasteiger partial charge in [0.05, 0.1) is 7.11 Å². The molecule has 0 aromatic heterocycles. The van der Waals surface area contributed by atoms with Crippen LogP contribution in [0.2, 0.25) is 0 Å². The number of aliphatic carboxylic acids is 1. The van der Waals surface area contributed by atoms with Gasteiger partial charge >= 0.3 is 5.97 Å². The van der Waals surface area contributed by atoms with Crippen molar-refractivity contribution in [2.45, 2.75) is 52.4 Å². The van der Waals surface area contributed by atoms with Crippen molar-refractivity contribution in [1.82, 2.24) is 0 Å². The van der Waals surface area contributed by atoms with Crippen molar-refractivity contribution < 1.29 is 19.4 Å². The molecule has 1 aliphatic heterocycles. The van der Waals surface area contributed by atoms with Gasteiger partial charge in [-0.15, -0.1) is 0 Å². The molecular formula is C25H29NO4. The van der Waals surface area contributed by atoms with Crippen LogP contribution in [0.5, 0.6) is 5.75 Å². The van der Waals surface area contributed by atoms with E-state index >= 15 is 0 Å². The lowest BCUT2D eigenvalue weighted by Gasteiger charge is -2.19. The average molecular weight is 408 g/mol. The summed E-state index contributed by atoms with van der Waals surface area (Å²) in [4.78, 5) is 23.6. The van der Waals surface area contributed by atoms with Crippen LogP contribution < -0.4 is 10.1 Å². The van der Waals surface area contributed by atoms with Crippen molar-refractivity contribution in [3.63, 3.8) is 0 Å². The van der Waals surface area contributed by atoms with Gasteiger partial charge in [-0.05, 0) is 70.9 Å². The fourth-order valence-corrected chi connectivity index (χ4v) is 3.83. The van der Waals surface area contributed by atoms with Crippen LogP contribution >= 0.6 is 0 Å². The van der Waals surface area contributed by atoms with Crippen LogP contribution in [0.1, 0.15) is 73.8 Å². The maximum atomic E-state index is 12.7. The second kappa shape index (κ2) is 8.74. The number of ether oxygens (including phenoxy) is 1. The van der Waals surface area contributed by atoms with Crippen LogP contribution in [-0.2, 0) is 16.0 Å². The highest BCUT2D eigenvalue weighted by molar-refractivity contribution is 6.35. The zero-order chi connectivity index (χ0) is 22.0. The molecule has 2 aromatic carbocycles. The predicted octanol–water partition coefficient (Wildman–Crippen LogP) is 5.45. The van der Waals surface area contributed by atoms with E-state index in [-0.39, 0.29) is 24.2 Å². The van der Waals surface area contributed by atoms with E-state index < -0.39 is 5.97 Å².